The highest BCUT2D eigenvalue weighted by Crippen LogP contribution is 2.05. The lowest BCUT2D eigenvalue weighted by Crippen LogP contribution is -1.95. The first kappa shape index (κ1) is 8.17. The lowest BCUT2D eigenvalue weighted by Gasteiger charge is -1.91. The molecular formula is C7H12FN3. The largest absolute Gasteiger partial charge is 0.234 e. The average Bonchev–Trinajstić information content (AvgIpc) is 2.31. The molecule has 0 aliphatic heterocycles. The van der Waals surface area contributed by atoms with Crippen LogP contribution in [0.1, 0.15) is 25.5 Å². The molecule has 0 radical (unpaired) electrons. The van der Waals surface area contributed by atoms with E-state index in [0.717, 1.165) is 17.5 Å². The van der Waals surface area contributed by atoms with Crippen molar-refractivity contribution in [2.75, 3.05) is 0 Å². The van der Waals surface area contributed by atoms with Crippen molar-refractivity contribution in [1.82, 2.24) is 15.0 Å². The van der Waals surface area contributed by atoms with E-state index in [1.165, 1.54) is 0 Å². The monoisotopic (exact) mass is 157 g/mol. The molecule has 0 saturated carbocycles. The quantitative estimate of drug-likeness (QED) is 0.662. The Morgan fingerprint density at radius 3 is 2.73 bits per heavy atom. The predicted octanol–water partition coefficient (Wildman–Crippen LogP) is 1.30. The van der Waals surface area contributed by atoms with Crippen LogP contribution >= 0.6 is 0 Å². The molecule has 4 heteroatoms. The van der Waals surface area contributed by atoms with Crippen molar-refractivity contribution in [2.24, 2.45) is 7.05 Å². The standard InChI is InChI=1S/C7H12FN3/c1-3-4-5-6-7(8)11(2)10-9-6/h3-5H2,1-2H3. The molecule has 0 N–H and O–H groups in total. The van der Waals surface area contributed by atoms with Gasteiger partial charge < -0.3 is 0 Å². The zero-order valence-corrected chi connectivity index (χ0v) is 6.84. The second-order valence-corrected chi connectivity index (χ2v) is 2.55. The minimum Gasteiger partial charge on any atom is -0.222 e. The van der Waals surface area contributed by atoms with Gasteiger partial charge in [0, 0.05) is 7.05 Å². The second-order valence-electron chi connectivity index (χ2n) is 2.55. The van der Waals surface area contributed by atoms with Crippen LogP contribution in [-0.4, -0.2) is 15.0 Å². The Hall–Kier alpha value is -0.930. The molecule has 11 heavy (non-hydrogen) atoms. The molecule has 62 valence electrons. The summed E-state index contributed by atoms with van der Waals surface area (Å²) >= 11 is 0. The number of rotatable bonds is 3. The summed E-state index contributed by atoms with van der Waals surface area (Å²) < 4.78 is 14.1. The molecular weight excluding hydrogens is 145 g/mol. The van der Waals surface area contributed by atoms with Gasteiger partial charge in [-0.25, -0.2) is 4.68 Å². The van der Waals surface area contributed by atoms with Crippen LogP contribution in [0.3, 0.4) is 0 Å². The van der Waals surface area contributed by atoms with Crippen LogP contribution in [0.4, 0.5) is 4.39 Å². The highest BCUT2D eigenvalue weighted by atomic mass is 19.1. The number of aryl methyl sites for hydroxylation is 2. The summed E-state index contributed by atoms with van der Waals surface area (Å²) in [5.41, 5.74) is 0.481. The molecule has 0 aliphatic carbocycles. The Labute approximate surface area is 65.2 Å². The molecule has 1 rings (SSSR count). The molecule has 0 aromatic carbocycles. The summed E-state index contributed by atoms with van der Waals surface area (Å²) in [5, 5.41) is 7.25. The summed E-state index contributed by atoms with van der Waals surface area (Å²) in [6, 6.07) is 0. The third-order valence-corrected chi connectivity index (χ3v) is 1.59. The fraction of sp³-hybridized carbons (Fsp3) is 0.714. The maximum atomic E-state index is 12.9. The van der Waals surface area contributed by atoms with Crippen molar-refractivity contribution in [1.29, 1.82) is 0 Å². The van der Waals surface area contributed by atoms with E-state index in [1.54, 1.807) is 7.05 Å². The third-order valence-electron chi connectivity index (χ3n) is 1.59. The van der Waals surface area contributed by atoms with Gasteiger partial charge in [0.05, 0.1) is 0 Å². The van der Waals surface area contributed by atoms with E-state index in [1.807, 2.05) is 0 Å². The maximum Gasteiger partial charge on any atom is 0.234 e. The van der Waals surface area contributed by atoms with Crippen LogP contribution in [-0.2, 0) is 13.5 Å². The summed E-state index contributed by atoms with van der Waals surface area (Å²) in [6.45, 7) is 2.06. The number of unbranched alkanes of at least 4 members (excludes halogenated alkanes) is 1. The van der Waals surface area contributed by atoms with Gasteiger partial charge in [-0.1, -0.05) is 18.6 Å². The van der Waals surface area contributed by atoms with Crippen molar-refractivity contribution in [3.05, 3.63) is 11.6 Å². The van der Waals surface area contributed by atoms with Crippen LogP contribution in [0.2, 0.25) is 0 Å². The molecule has 0 spiro atoms. The lowest BCUT2D eigenvalue weighted by molar-refractivity contribution is 0.492. The zero-order valence-electron chi connectivity index (χ0n) is 6.84. The second kappa shape index (κ2) is 3.46. The molecule has 0 unspecified atom stereocenters. The van der Waals surface area contributed by atoms with E-state index in [2.05, 4.69) is 17.2 Å². The van der Waals surface area contributed by atoms with Gasteiger partial charge in [-0.2, -0.15) is 4.39 Å². The average molecular weight is 157 g/mol. The number of hydrogen-bond donors (Lipinski definition) is 0. The summed E-state index contributed by atoms with van der Waals surface area (Å²) in [5.74, 6) is -0.307. The number of aromatic nitrogens is 3. The van der Waals surface area contributed by atoms with Gasteiger partial charge >= 0.3 is 0 Å². The topological polar surface area (TPSA) is 30.7 Å². The van der Waals surface area contributed by atoms with E-state index in [-0.39, 0.29) is 5.95 Å². The van der Waals surface area contributed by atoms with Crippen LogP contribution < -0.4 is 0 Å². The van der Waals surface area contributed by atoms with Crippen molar-refractivity contribution in [2.45, 2.75) is 26.2 Å². The van der Waals surface area contributed by atoms with Gasteiger partial charge in [0.15, 0.2) is 0 Å². The highest BCUT2D eigenvalue weighted by Gasteiger charge is 2.07. The molecule has 0 atom stereocenters. The van der Waals surface area contributed by atoms with E-state index < -0.39 is 0 Å². The third kappa shape index (κ3) is 1.76. The summed E-state index contributed by atoms with van der Waals surface area (Å²) in [6.07, 6.45) is 2.71. The minimum atomic E-state index is -0.307. The zero-order chi connectivity index (χ0) is 8.27. The summed E-state index contributed by atoms with van der Waals surface area (Å²) in [7, 11) is 1.55. The van der Waals surface area contributed by atoms with Crippen molar-refractivity contribution in [3.63, 3.8) is 0 Å². The van der Waals surface area contributed by atoms with E-state index in [9.17, 15) is 4.39 Å². The highest BCUT2D eigenvalue weighted by molar-refractivity contribution is 4.95. The number of nitrogens with zero attached hydrogens (tertiary/aromatic N) is 3. The van der Waals surface area contributed by atoms with Gasteiger partial charge in [0.2, 0.25) is 5.95 Å². The van der Waals surface area contributed by atoms with Gasteiger partial charge in [-0.15, -0.1) is 5.10 Å². The minimum absolute atomic E-state index is 0.307. The van der Waals surface area contributed by atoms with E-state index >= 15 is 0 Å². The molecule has 3 nitrogen and oxygen atoms in total. The van der Waals surface area contributed by atoms with Gasteiger partial charge in [-0.05, 0) is 12.8 Å². The van der Waals surface area contributed by atoms with Crippen molar-refractivity contribution >= 4 is 0 Å². The first-order valence-electron chi connectivity index (χ1n) is 3.79. The Balaban J connectivity index is 2.63. The van der Waals surface area contributed by atoms with E-state index in [0.29, 0.717) is 12.1 Å². The molecule has 0 aliphatic rings. The SMILES string of the molecule is CCCCc1nnn(C)c1F. The molecule has 1 heterocycles. The van der Waals surface area contributed by atoms with Crippen LogP contribution in [0.5, 0.6) is 0 Å². The number of halogens is 1. The Kier molecular flexibility index (Phi) is 2.57. The molecule has 1 aromatic rings. The Morgan fingerprint density at radius 1 is 1.55 bits per heavy atom. The smallest absolute Gasteiger partial charge is 0.222 e. The van der Waals surface area contributed by atoms with Crippen molar-refractivity contribution in [3.8, 4) is 0 Å². The Bertz CT molecular complexity index is 232. The molecule has 0 fully saturated rings. The molecule has 0 saturated heterocycles. The molecule has 0 amide bonds. The number of hydrogen-bond acceptors (Lipinski definition) is 2. The van der Waals surface area contributed by atoms with Crippen LogP contribution in [0.15, 0.2) is 0 Å². The fourth-order valence-electron chi connectivity index (χ4n) is 0.886. The van der Waals surface area contributed by atoms with Crippen LogP contribution in [0, 0.1) is 5.95 Å². The summed E-state index contributed by atoms with van der Waals surface area (Å²) in [4.78, 5) is 0. The van der Waals surface area contributed by atoms with Gasteiger partial charge in [-0.3, -0.25) is 0 Å². The fourth-order valence-corrected chi connectivity index (χ4v) is 0.886. The van der Waals surface area contributed by atoms with Crippen molar-refractivity contribution < 1.29 is 4.39 Å². The van der Waals surface area contributed by atoms with Gasteiger partial charge in [0.1, 0.15) is 5.69 Å². The normalized spacial score (nSPS) is 10.5. The van der Waals surface area contributed by atoms with Crippen LogP contribution in [0.25, 0.3) is 0 Å². The maximum absolute atomic E-state index is 12.9. The van der Waals surface area contributed by atoms with E-state index in [4.69, 9.17) is 0 Å². The Morgan fingerprint density at radius 2 is 2.27 bits per heavy atom. The first-order chi connectivity index (χ1) is 5.25. The lowest BCUT2D eigenvalue weighted by atomic mass is 10.2. The first-order valence-corrected chi connectivity index (χ1v) is 3.79. The molecule has 0 bridgehead atoms. The predicted molar refractivity (Wildman–Crippen MR) is 39.6 cm³/mol. The molecule has 1 aromatic heterocycles. The van der Waals surface area contributed by atoms with Gasteiger partial charge in [0.25, 0.3) is 0 Å².